The van der Waals surface area contributed by atoms with Gasteiger partial charge in [-0.1, -0.05) is 23.2 Å². The number of nitrogens with one attached hydrogen (secondary N) is 1. The Bertz CT molecular complexity index is 615. The lowest BCUT2D eigenvalue weighted by molar-refractivity contribution is 0.102. The second-order valence-corrected chi connectivity index (χ2v) is 6.51. The molecule has 7 heteroatoms. The van der Waals surface area contributed by atoms with Crippen LogP contribution in [-0.4, -0.2) is 11.0 Å². The van der Waals surface area contributed by atoms with E-state index < -0.39 is 0 Å². The summed E-state index contributed by atoms with van der Waals surface area (Å²) in [6.07, 6.45) is 0. The van der Waals surface area contributed by atoms with E-state index in [0.717, 1.165) is 3.79 Å². The van der Waals surface area contributed by atoms with Crippen molar-refractivity contribution in [2.75, 3.05) is 5.32 Å². The van der Waals surface area contributed by atoms with Gasteiger partial charge in [-0.2, -0.15) is 0 Å². The van der Waals surface area contributed by atoms with Crippen LogP contribution in [-0.2, 0) is 0 Å². The highest BCUT2D eigenvalue weighted by molar-refractivity contribution is 9.11. The first kappa shape index (κ1) is 13.7. The van der Waals surface area contributed by atoms with Crippen LogP contribution in [0.15, 0.2) is 27.4 Å². The van der Waals surface area contributed by atoms with Gasteiger partial charge in [0.2, 0.25) is 0 Å². The summed E-state index contributed by atoms with van der Waals surface area (Å²) in [5.41, 5.74) is 0.669. The molecule has 18 heavy (non-hydrogen) atoms. The summed E-state index contributed by atoms with van der Waals surface area (Å²) in [6, 6.07) is 4.51. The summed E-state index contributed by atoms with van der Waals surface area (Å²) in [5, 5.41) is 14.4. The van der Waals surface area contributed by atoms with Gasteiger partial charge in [-0.05, 0) is 34.1 Å². The van der Waals surface area contributed by atoms with E-state index in [0.29, 0.717) is 10.6 Å². The van der Waals surface area contributed by atoms with Crippen LogP contribution in [0.25, 0.3) is 0 Å². The van der Waals surface area contributed by atoms with Crippen molar-refractivity contribution >= 4 is 62.1 Å². The fraction of sp³-hybridized carbons (Fsp3) is 0. The summed E-state index contributed by atoms with van der Waals surface area (Å²) in [4.78, 5) is 11.9. The number of carbonyl (C=O) groups excluding carboxylic acids is 1. The quantitative estimate of drug-likeness (QED) is 0.751. The molecule has 1 heterocycles. The summed E-state index contributed by atoms with van der Waals surface area (Å²) in [7, 11) is 0. The molecular formula is C11H6BrCl2NO2S. The number of rotatable bonds is 2. The average molecular weight is 367 g/mol. The van der Waals surface area contributed by atoms with Crippen LogP contribution in [0.2, 0.25) is 10.0 Å². The lowest BCUT2D eigenvalue weighted by Crippen LogP contribution is -2.10. The van der Waals surface area contributed by atoms with E-state index in [2.05, 4.69) is 21.2 Å². The highest BCUT2D eigenvalue weighted by atomic mass is 79.9. The molecule has 0 fully saturated rings. The molecule has 0 aliphatic rings. The van der Waals surface area contributed by atoms with Crippen molar-refractivity contribution in [2.24, 2.45) is 0 Å². The molecule has 0 bridgehead atoms. The van der Waals surface area contributed by atoms with Gasteiger partial charge in [-0.25, -0.2) is 0 Å². The zero-order valence-corrected chi connectivity index (χ0v) is 12.6. The minimum Gasteiger partial charge on any atom is -0.504 e. The standard InChI is InChI=1S/C11H6BrCl2NO2S/c12-9-1-5(4-18-9)11(17)15-8-3-6(13)2-7(14)10(8)16/h1-4,16H,(H,15,17). The fourth-order valence-corrected chi connectivity index (χ4v) is 2.91. The molecule has 0 saturated carbocycles. The molecule has 0 aliphatic heterocycles. The van der Waals surface area contributed by atoms with Gasteiger partial charge < -0.3 is 10.4 Å². The molecule has 0 aliphatic carbocycles. The van der Waals surface area contributed by atoms with Crippen LogP contribution >= 0.6 is 50.5 Å². The van der Waals surface area contributed by atoms with Crippen molar-refractivity contribution in [3.8, 4) is 5.75 Å². The topological polar surface area (TPSA) is 49.3 Å². The van der Waals surface area contributed by atoms with E-state index in [1.165, 1.54) is 23.5 Å². The number of hydrogen-bond acceptors (Lipinski definition) is 3. The third-order valence-electron chi connectivity index (χ3n) is 2.11. The molecule has 2 N–H and O–H groups in total. The van der Waals surface area contributed by atoms with Gasteiger partial charge in [0, 0.05) is 10.4 Å². The van der Waals surface area contributed by atoms with Gasteiger partial charge in [0.05, 0.1) is 20.1 Å². The van der Waals surface area contributed by atoms with Gasteiger partial charge in [-0.3, -0.25) is 4.79 Å². The Hall–Kier alpha value is -0.750. The molecule has 0 spiro atoms. The molecule has 94 valence electrons. The van der Waals surface area contributed by atoms with E-state index in [-0.39, 0.29) is 22.4 Å². The molecular weight excluding hydrogens is 361 g/mol. The summed E-state index contributed by atoms with van der Waals surface area (Å²) < 4.78 is 0.848. The maximum Gasteiger partial charge on any atom is 0.256 e. The maximum atomic E-state index is 11.9. The van der Waals surface area contributed by atoms with Crippen LogP contribution in [0, 0.1) is 0 Å². The van der Waals surface area contributed by atoms with Crippen molar-refractivity contribution in [2.45, 2.75) is 0 Å². The van der Waals surface area contributed by atoms with Crippen molar-refractivity contribution in [3.63, 3.8) is 0 Å². The Kier molecular flexibility index (Phi) is 4.17. The third kappa shape index (κ3) is 2.98. The van der Waals surface area contributed by atoms with Crippen LogP contribution in [0.5, 0.6) is 5.75 Å². The molecule has 2 aromatic rings. The summed E-state index contributed by atoms with van der Waals surface area (Å²) >= 11 is 16.2. The van der Waals surface area contributed by atoms with Crippen molar-refractivity contribution < 1.29 is 9.90 Å². The van der Waals surface area contributed by atoms with Crippen LogP contribution in [0.1, 0.15) is 10.4 Å². The van der Waals surface area contributed by atoms with E-state index in [4.69, 9.17) is 23.2 Å². The summed E-state index contributed by atoms with van der Waals surface area (Å²) in [6.45, 7) is 0. The first-order valence-electron chi connectivity index (χ1n) is 4.71. The normalized spacial score (nSPS) is 10.4. The smallest absolute Gasteiger partial charge is 0.256 e. The number of thiophene rings is 1. The van der Waals surface area contributed by atoms with Crippen LogP contribution < -0.4 is 5.32 Å². The Morgan fingerprint density at radius 2 is 2.06 bits per heavy atom. The minimum absolute atomic E-state index is 0.0873. The lowest BCUT2D eigenvalue weighted by Gasteiger charge is -2.08. The number of phenolic OH excluding ortho intramolecular Hbond substituents is 1. The van der Waals surface area contributed by atoms with E-state index in [1.807, 2.05) is 0 Å². The second-order valence-electron chi connectivity index (χ2n) is 3.38. The molecule has 0 radical (unpaired) electrons. The number of carbonyl (C=O) groups is 1. The lowest BCUT2D eigenvalue weighted by atomic mass is 10.2. The SMILES string of the molecule is O=C(Nc1cc(Cl)cc(Cl)c1O)c1csc(Br)c1. The maximum absolute atomic E-state index is 11.9. The largest absolute Gasteiger partial charge is 0.504 e. The highest BCUT2D eigenvalue weighted by Crippen LogP contribution is 2.35. The molecule has 0 atom stereocenters. The van der Waals surface area contributed by atoms with Crippen molar-refractivity contribution in [1.82, 2.24) is 0 Å². The average Bonchev–Trinajstić information content (AvgIpc) is 2.72. The minimum atomic E-state index is -0.342. The predicted octanol–water partition coefficient (Wildman–Crippen LogP) is 4.78. The molecule has 0 unspecified atom stereocenters. The highest BCUT2D eigenvalue weighted by Gasteiger charge is 2.13. The van der Waals surface area contributed by atoms with E-state index in [1.54, 1.807) is 11.4 Å². The first-order chi connectivity index (χ1) is 8.47. The third-order valence-corrected chi connectivity index (χ3v) is 4.12. The number of aromatic hydroxyl groups is 1. The molecule has 2 rings (SSSR count). The van der Waals surface area contributed by atoms with E-state index in [9.17, 15) is 9.90 Å². The van der Waals surface area contributed by atoms with Gasteiger partial charge in [-0.15, -0.1) is 11.3 Å². The van der Waals surface area contributed by atoms with Gasteiger partial charge in [0.1, 0.15) is 0 Å². The monoisotopic (exact) mass is 365 g/mol. The zero-order chi connectivity index (χ0) is 13.3. The molecule has 3 nitrogen and oxygen atoms in total. The number of benzene rings is 1. The number of anilines is 1. The number of amides is 1. The Morgan fingerprint density at radius 3 is 2.67 bits per heavy atom. The molecule has 0 saturated heterocycles. The first-order valence-corrected chi connectivity index (χ1v) is 7.13. The zero-order valence-electron chi connectivity index (χ0n) is 8.71. The Labute approximate surface area is 125 Å². The fourth-order valence-electron chi connectivity index (χ4n) is 1.28. The predicted molar refractivity (Wildman–Crippen MR) is 78.1 cm³/mol. The van der Waals surface area contributed by atoms with Crippen LogP contribution in [0.3, 0.4) is 0 Å². The van der Waals surface area contributed by atoms with Crippen molar-refractivity contribution in [1.29, 1.82) is 0 Å². The second kappa shape index (κ2) is 5.48. The van der Waals surface area contributed by atoms with Gasteiger partial charge >= 0.3 is 0 Å². The Balaban J connectivity index is 2.27. The van der Waals surface area contributed by atoms with Crippen molar-refractivity contribution in [3.05, 3.63) is 43.0 Å². The summed E-state index contributed by atoms with van der Waals surface area (Å²) in [5.74, 6) is -0.547. The number of halogens is 3. The number of phenols is 1. The van der Waals surface area contributed by atoms with Gasteiger partial charge in [0.15, 0.2) is 5.75 Å². The van der Waals surface area contributed by atoms with E-state index >= 15 is 0 Å². The molecule has 1 aromatic heterocycles. The molecule has 1 amide bonds. The Morgan fingerprint density at radius 1 is 1.33 bits per heavy atom. The van der Waals surface area contributed by atoms with Gasteiger partial charge in [0.25, 0.3) is 5.91 Å². The number of hydrogen-bond donors (Lipinski definition) is 2. The molecule has 1 aromatic carbocycles. The van der Waals surface area contributed by atoms with Crippen LogP contribution in [0.4, 0.5) is 5.69 Å².